The molecule has 2 unspecified atom stereocenters. The molecule has 0 aromatic heterocycles. The minimum absolute atomic E-state index is 0.201. The van der Waals surface area contributed by atoms with E-state index in [2.05, 4.69) is 31.1 Å². The number of ether oxygens (including phenoxy) is 1. The zero-order chi connectivity index (χ0) is 23.2. The van der Waals surface area contributed by atoms with Crippen molar-refractivity contribution >= 4 is 25.9 Å². The maximum atomic E-state index is 13.4. The van der Waals surface area contributed by atoms with Crippen LogP contribution in [0.15, 0.2) is 24.3 Å². The molecule has 0 radical (unpaired) electrons. The number of rotatable bonds is 3. The summed E-state index contributed by atoms with van der Waals surface area (Å²) in [6, 6.07) is 7.75. The summed E-state index contributed by atoms with van der Waals surface area (Å²) >= 11 is 0. The van der Waals surface area contributed by atoms with Gasteiger partial charge in [-0.25, -0.2) is 0 Å². The Morgan fingerprint density at radius 3 is 1.97 bits per heavy atom. The van der Waals surface area contributed by atoms with Crippen molar-refractivity contribution in [3.8, 4) is 11.5 Å². The molecule has 5 nitrogen and oxygen atoms in total. The first-order chi connectivity index (χ1) is 14.2. The Labute approximate surface area is 186 Å². The van der Waals surface area contributed by atoms with Crippen molar-refractivity contribution in [2.45, 2.75) is 66.2 Å². The van der Waals surface area contributed by atoms with Crippen molar-refractivity contribution in [2.75, 3.05) is 7.11 Å². The maximum absolute atomic E-state index is 13.4. The molecule has 0 N–H and O–H groups in total. The van der Waals surface area contributed by atoms with Crippen LogP contribution in [-0.2, 0) is 25.7 Å². The van der Waals surface area contributed by atoms with Crippen molar-refractivity contribution in [1.29, 1.82) is 0 Å². The molecule has 2 amide bonds. The molecule has 1 aromatic rings. The average molecular weight is 440 g/mol. The van der Waals surface area contributed by atoms with Crippen LogP contribution in [-0.4, -0.2) is 37.9 Å². The number of carbonyl (C=O) groups excluding carboxylic acids is 3. The van der Waals surface area contributed by atoms with Gasteiger partial charge in [-0.15, -0.1) is 5.54 Å². The average Bonchev–Trinajstić information content (AvgIpc) is 2.67. The summed E-state index contributed by atoms with van der Waals surface area (Å²) in [4.78, 5) is 40.7. The summed E-state index contributed by atoms with van der Waals surface area (Å²) in [6.45, 7) is 12.4. The van der Waals surface area contributed by atoms with E-state index in [4.69, 9.17) is 4.74 Å². The first-order valence-corrected chi connectivity index (χ1v) is 14.3. The van der Waals surface area contributed by atoms with Gasteiger partial charge in [0.25, 0.3) is 0 Å². The smallest absolute Gasteiger partial charge is 0.311 e. The molecule has 166 valence electrons. The number of likely N-dealkylation sites (tertiary alicyclic amines) is 1. The van der Waals surface area contributed by atoms with Gasteiger partial charge >= 0.3 is 5.97 Å². The molecular weight excluding hydrogens is 406 g/mol. The number of amides is 2. The van der Waals surface area contributed by atoms with E-state index in [0.717, 1.165) is 11.1 Å². The molecule has 1 aromatic carbocycles. The summed E-state index contributed by atoms with van der Waals surface area (Å²) in [7, 11) is -0.0938. The number of hydrogen-bond acceptors (Lipinski definition) is 4. The van der Waals surface area contributed by atoms with Crippen LogP contribution in [0.5, 0.6) is 0 Å². The zero-order valence-electron chi connectivity index (χ0n) is 19.7. The molecule has 1 saturated carbocycles. The topological polar surface area (TPSA) is 63.7 Å². The lowest BCUT2D eigenvalue weighted by atomic mass is 9.52. The van der Waals surface area contributed by atoms with E-state index < -0.39 is 24.3 Å². The highest BCUT2D eigenvalue weighted by Gasteiger charge is 2.63. The Hall–Kier alpha value is -2.39. The minimum Gasteiger partial charge on any atom is -0.469 e. The summed E-state index contributed by atoms with van der Waals surface area (Å²) < 4.78 is 5.01. The van der Waals surface area contributed by atoms with E-state index >= 15 is 0 Å². The Morgan fingerprint density at radius 2 is 1.52 bits per heavy atom. The number of benzene rings is 1. The lowest BCUT2D eigenvalue weighted by molar-refractivity contribution is -0.185. The number of esters is 1. The first kappa shape index (κ1) is 23.3. The fourth-order valence-corrected chi connectivity index (χ4v) is 6.01. The lowest BCUT2D eigenvalue weighted by Gasteiger charge is -2.55. The normalized spacial score (nSPS) is 30.5. The van der Waals surface area contributed by atoms with Gasteiger partial charge < -0.3 is 4.74 Å². The monoisotopic (exact) mass is 439 g/mol. The molecule has 6 heteroatoms. The Kier molecular flexibility index (Phi) is 5.73. The predicted molar refractivity (Wildman–Crippen MR) is 122 cm³/mol. The fraction of sp³-hybridized carbons (Fsp3) is 0.560. The molecule has 1 saturated heterocycles. The van der Waals surface area contributed by atoms with Gasteiger partial charge in [-0.2, -0.15) is 0 Å². The van der Waals surface area contributed by atoms with Crippen molar-refractivity contribution in [3.63, 3.8) is 0 Å². The van der Waals surface area contributed by atoms with E-state index in [-0.39, 0.29) is 24.3 Å². The largest absolute Gasteiger partial charge is 0.469 e. The van der Waals surface area contributed by atoms with Crippen molar-refractivity contribution in [1.82, 2.24) is 4.90 Å². The van der Waals surface area contributed by atoms with E-state index in [1.54, 1.807) is 0 Å². The Balaban J connectivity index is 1.86. The van der Waals surface area contributed by atoms with Gasteiger partial charge in [-0.05, 0) is 43.9 Å². The molecule has 3 rings (SSSR count). The quantitative estimate of drug-likeness (QED) is 0.307. The molecule has 1 aliphatic heterocycles. The number of hydrogen-bond donors (Lipinski definition) is 0. The van der Waals surface area contributed by atoms with Crippen molar-refractivity contribution in [3.05, 3.63) is 35.4 Å². The summed E-state index contributed by atoms with van der Waals surface area (Å²) in [5, 5.41) is 0. The summed E-state index contributed by atoms with van der Waals surface area (Å²) in [5.41, 5.74) is 2.79. The third-order valence-electron chi connectivity index (χ3n) is 6.42. The van der Waals surface area contributed by atoms with Crippen LogP contribution in [0.2, 0.25) is 19.6 Å². The van der Waals surface area contributed by atoms with Gasteiger partial charge in [0.1, 0.15) is 8.07 Å². The number of piperidine rings is 1. The predicted octanol–water partition coefficient (Wildman–Crippen LogP) is 4.16. The third-order valence-corrected chi connectivity index (χ3v) is 7.29. The van der Waals surface area contributed by atoms with Crippen LogP contribution in [0.3, 0.4) is 0 Å². The highest BCUT2D eigenvalue weighted by Crippen LogP contribution is 2.58. The second-order valence-corrected chi connectivity index (χ2v) is 15.8. The molecule has 3 atom stereocenters. The summed E-state index contributed by atoms with van der Waals surface area (Å²) in [6.07, 6.45) is 1.23. The number of nitrogens with zero attached hydrogens (tertiary/aromatic N) is 1. The van der Waals surface area contributed by atoms with Crippen molar-refractivity contribution in [2.24, 2.45) is 16.2 Å². The first-order valence-electron chi connectivity index (χ1n) is 10.8. The van der Waals surface area contributed by atoms with Gasteiger partial charge in [-0.3, -0.25) is 19.3 Å². The van der Waals surface area contributed by atoms with Gasteiger partial charge in [0.15, 0.2) is 0 Å². The van der Waals surface area contributed by atoms with Gasteiger partial charge in [0.05, 0.1) is 19.1 Å². The highest BCUT2D eigenvalue weighted by atomic mass is 28.3. The maximum Gasteiger partial charge on any atom is 0.311 e. The highest BCUT2D eigenvalue weighted by molar-refractivity contribution is 6.83. The standard InChI is InChI=1S/C25H33NO4Si/c1-23-15-24(2,17-25(3,16-23)22(29)30-4)21(28)26(20(23)27)14-19-10-8-18(9-11-19)12-13-31(5,6)7/h8-11H,14-17H2,1-7H3/t23-,24?,25?/m1/s1. The van der Waals surface area contributed by atoms with Crippen LogP contribution < -0.4 is 0 Å². The number of carbonyl (C=O) groups is 3. The third kappa shape index (κ3) is 4.47. The van der Waals surface area contributed by atoms with E-state index in [1.807, 2.05) is 45.0 Å². The molecule has 2 bridgehead atoms. The Morgan fingerprint density at radius 1 is 1.00 bits per heavy atom. The van der Waals surface area contributed by atoms with Crippen LogP contribution in [0.25, 0.3) is 0 Å². The molecule has 2 aliphatic rings. The molecule has 0 spiro atoms. The van der Waals surface area contributed by atoms with Crippen molar-refractivity contribution < 1.29 is 19.1 Å². The minimum atomic E-state index is -1.45. The number of imide groups is 1. The summed E-state index contributed by atoms with van der Waals surface area (Å²) in [5.74, 6) is 2.47. The van der Waals surface area contributed by atoms with E-state index in [1.165, 1.54) is 12.0 Å². The van der Waals surface area contributed by atoms with Crippen LogP contribution in [0.1, 0.15) is 51.2 Å². The molecule has 2 fully saturated rings. The van der Waals surface area contributed by atoms with Gasteiger partial charge in [-0.1, -0.05) is 51.5 Å². The van der Waals surface area contributed by atoms with Gasteiger partial charge in [0.2, 0.25) is 11.8 Å². The fourth-order valence-electron chi connectivity index (χ4n) is 5.49. The van der Waals surface area contributed by atoms with Gasteiger partial charge in [0, 0.05) is 16.4 Å². The second-order valence-electron chi connectivity index (χ2n) is 11.1. The van der Waals surface area contributed by atoms with E-state index in [0.29, 0.717) is 19.3 Å². The van der Waals surface area contributed by atoms with Crippen LogP contribution >= 0.6 is 0 Å². The van der Waals surface area contributed by atoms with Crippen LogP contribution in [0.4, 0.5) is 0 Å². The van der Waals surface area contributed by atoms with Crippen LogP contribution in [0, 0.1) is 27.7 Å². The molecule has 31 heavy (non-hydrogen) atoms. The molecular formula is C25H33NO4Si. The number of methoxy groups -OCH3 is 1. The number of fused-ring (bicyclic) bond motifs is 2. The second kappa shape index (κ2) is 7.63. The lowest BCUT2D eigenvalue weighted by Crippen LogP contribution is -2.63. The van der Waals surface area contributed by atoms with E-state index in [9.17, 15) is 14.4 Å². The molecule has 1 aliphatic carbocycles. The SMILES string of the molecule is COC(=O)C1(C)CC2(C)C[C@](C)(C1)C(=O)N(Cc1ccc(C#C[Si](C)(C)C)cc1)C2=O. The molecule has 1 heterocycles. The zero-order valence-corrected chi connectivity index (χ0v) is 20.7. The Bertz CT molecular complexity index is 952.